The smallest absolute Gasteiger partial charge is 0.142 e. The van der Waals surface area contributed by atoms with Gasteiger partial charge in [-0.3, -0.25) is 0 Å². The normalized spacial score (nSPS) is 10.3. The van der Waals surface area contributed by atoms with Crippen LogP contribution < -0.4 is 10.5 Å². The third kappa shape index (κ3) is 3.80. The molecule has 0 aliphatic carbocycles. The summed E-state index contributed by atoms with van der Waals surface area (Å²) < 4.78 is 5.50. The zero-order valence-electron chi connectivity index (χ0n) is 9.20. The lowest BCUT2D eigenvalue weighted by Crippen LogP contribution is -2.01. The Morgan fingerprint density at radius 3 is 2.73 bits per heavy atom. The number of benzene rings is 1. The van der Waals surface area contributed by atoms with Crippen molar-refractivity contribution in [3.63, 3.8) is 0 Å². The second-order valence-electron chi connectivity index (χ2n) is 3.50. The highest BCUT2D eigenvalue weighted by molar-refractivity contribution is 5.54. The number of hydrogen-bond acceptors (Lipinski definition) is 3. The van der Waals surface area contributed by atoms with Gasteiger partial charge in [0.1, 0.15) is 5.75 Å². The number of anilines is 1. The largest absolute Gasteiger partial charge is 0.491 e. The summed E-state index contributed by atoms with van der Waals surface area (Å²) in [7, 11) is 0. The van der Waals surface area contributed by atoms with Crippen LogP contribution in [-0.4, -0.2) is 18.3 Å². The molecule has 1 aromatic rings. The van der Waals surface area contributed by atoms with Gasteiger partial charge in [-0.05, 0) is 37.0 Å². The van der Waals surface area contributed by atoms with E-state index >= 15 is 0 Å². The van der Waals surface area contributed by atoms with Crippen molar-refractivity contribution < 1.29 is 9.84 Å². The molecular weight excluding hydrogens is 190 g/mol. The van der Waals surface area contributed by atoms with Crippen LogP contribution in [0.1, 0.15) is 25.3 Å². The van der Waals surface area contributed by atoms with Gasteiger partial charge in [0.05, 0.1) is 12.3 Å². The van der Waals surface area contributed by atoms with Crippen molar-refractivity contribution in [2.24, 2.45) is 0 Å². The monoisotopic (exact) mass is 209 g/mol. The third-order valence-corrected chi connectivity index (χ3v) is 2.29. The number of aliphatic hydroxyl groups excluding tert-OH is 1. The molecule has 0 amide bonds. The average Bonchev–Trinajstić information content (AvgIpc) is 2.26. The van der Waals surface area contributed by atoms with Crippen LogP contribution in [0, 0.1) is 0 Å². The molecule has 0 bridgehead atoms. The average molecular weight is 209 g/mol. The molecule has 0 aliphatic rings. The van der Waals surface area contributed by atoms with Gasteiger partial charge < -0.3 is 15.6 Å². The molecule has 0 saturated carbocycles. The number of aliphatic hydroxyl groups is 1. The number of unbranched alkanes of at least 4 members (excludes halogenated alkanes) is 1. The lowest BCUT2D eigenvalue weighted by molar-refractivity contribution is 0.253. The number of nitrogen functional groups attached to an aromatic ring is 1. The van der Waals surface area contributed by atoms with E-state index in [1.165, 1.54) is 5.56 Å². The zero-order chi connectivity index (χ0) is 11.1. The van der Waals surface area contributed by atoms with Gasteiger partial charge in [0.25, 0.3) is 0 Å². The first-order valence-corrected chi connectivity index (χ1v) is 5.40. The molecule has 3 N–H and O–H groups in total. The van der Waals surface area contributed by atoms with E-state index in [9.17, 15) is 0 Å². The molecule has 15 heavy (non-hydrogen) atoms. The molecular formula is C12H19NO2. The summed E-state index contributed by atoms with van der Waals surface area (Å²) in [6.07, 6.45) is 2.60. The summed E-state index contributed by atoms with van der Waals surface area (Å²) in [4.78, 5) is 0. The second kappa shape index (κ2) is 6.30. The molecule has 0 spiro atoms. The van der Waals surface area contributed by atoms with Crippen molar-refractivity contribution in [1.82, 2.24) is 0 Å². The van der Waals surface area contributed by atoms with E-state index in [0.717, 1.165) is 25.0 Å². The maximum Gasteiger partial charge on any atom is 0.142 e. The van der Waals surface area contributed by atoms with Crippen molar-refractivity contribution in [1.29, 1.82) is 0 Å². The minimum atomic E-state index is 0.216. The molecule has 0 unspecified atom stereocenters. The Balaban J connectivity index is 2.47. The Kier molecular flexibility index (Phi) is 4.98. The van der Waals surface area contributed by atoms with Gasteiger partial charge >= 0.3 is 0 Å². The van der Waals surface area contributed by atoms with Crippen LogP contribution in [0.15, 0.2) is 18.2 Å². The van der Waals surface area contributed by atoms with Crippen LogP contribution >= 0.6 is 0 Å². The lowest BCUT2D eigenvalue weighted by atomic mass is 10.1. The molecule has 1 aromatic carbocycles. The fraction of sp³-hybridized carbons (Fsp3) is 0.500. The number of ether oxygens (including phenoxy) is 1. The van der Waals surface area contributed by atoms with Crippen LogP contribution in [0.25, 0.3) is 0 Å². The minimum Gasteiger partial charge on any atom is -0.491 e. The van der Waals surface area contributed by atoms with E-state index in [2.05, 4.69) is 6.92 Å². The standard InChI is InChI=1S/C12H19NO2/c1-2-10-5-6-12(11(13)9-10)15-8-4-3-7-14/h5-6,9,14H,2-4,7-8,13H2,1H3. The first-order chi connectivity index (χ1) is 7.27. The fourth-order valence-corrected chi connectivity index (χ4v) is 1.35. The summed E-state index contributed by atoms with van der Waals surface area (Å²) in [5, 5.41) is 8.61. The van der Waals surface area contributed by atoms with Crippen molar-refractivity contribution in [3.05, 3.63) is 23.8 Å². The SMILES string of the molecule is CCc1ccc(OCCCCO)c(N)c1. The fourth-order valence-electron chi connectivity index (χ4n) is 1.35. The molecule has 0 aliphatic heterocycles. The highest BCUT2D eigenvalue weighted by atomic mass is 16.5. The Hall–Kier alpha value is -1.22. The van der Waals surface area contributed by atoms with Gasteiger partial charge in [0.2, 0.25) is 0 Å². The molecule has 3 heteroatoms. The predicted molar refractivity (Wildman–Crippen MR) is 62.0 cm³/mol. The summed E-state index contributed by atoms with van der Waals surface area (Å²) in [5.74, 6) is 0.741. The van der Waals surface area contributed by atoms with E-state index in [1.54, 1.807) is 0 Å². The Labute approximate surface area is 90.9 Å². The number of rotatable bonds is 6. The van der Waals surface area contributed by atoms with Crippen LogP contribution in [0.2, 0.25) is 0 Å². The van der Waals surface area contributed by atoms with Crippen molar-refractivity contribution >= 4 is 5.69 Å². The van der Waals surface area contributed by atoms with E-state index in [4.69, 9.17) is 15.6 Å². The third-order valence-electron chi connectivity index (χ3n) is 2.29. The number of hydrogen-bond donors (Lipinski definition) is 2. The Morgan fingerprint density at radius 2 is 2.13 bits per heavy atom. The molecule has 0 fully saturated rings. The number of nitrogens with two attached hydrogens (primary N) is 1. The molecule has 0 radical (unpaired) electrons. The number of aryl methyl sites for hydroxylation is 1. The van der Waals surface area contributed by atoms with Crippen LogP contribution in [0.3, 0.4) is 0 Å². The predicted octanol–water partition coefficient (Wildman–Crippen LogP) is 1.98. The summed E-state index contributed by atoms with van der Waals surface area (Å²) >= 11 is 0. The minimum absolute atomic E-state index is 0.216. The quantitative estimate of drug-likeness (QED) is 0.556. The highest BCUT2D eigenvalue weighted by Gasteiger charge is 2.00. The van der Waals surface area contributed by atoms with Gasteiger partial charge in [0.15, 0.2) is 0 Å². The Bertz CT molecular complexity index is 300. The summed E-state index contributed by atoms with van der Waals surface area (Å²) in [5.41, 5.74) is 7.75. The highest BCUT2D eigenvalue weighted by Crippen LogP contribution is 2.22. The molecule has 3 nitrogen and oxygen atoms in total. The van der Waals surface area contributed by atoms with E-state index in [-0.39, 0.29) is 6.61 Å². The summed E-state index contributed by atoms with van der Waals surface area (Å²) in [6, 6.07) is 5.88. The van der Waals surface area contributed by atoms with E-state index in [1.807, 2.05) is 18.2 Å². The van der Waals surface area contributed by atoms with Crippen LogP contribution in [0.4, 0.5) is 5.69 Å². The maximum absolute atomic E-state index is 8.61. The zero-order valence-corrected chi connectivity index (χ0v) is 9.20. The second-order valence-corrected chi connectivity index (χ2v) is 3.50. The lowest BCUT2D eigenvalue weighted by Gasteiger charge is -2.09. The topological polar surface area (TPSA) is 55.5 Å². The summed E-state index contributed by atoms with van der Waals surface area (Å²) in [6.45, 7) is 2.92. The molecule has 84 valence electrons. The van der Waals surface area contributed by atoms with Gasteiger partial charge in [0, 0.05) is 6.61 Å². The first kappa shape index (κ1) is 11.9. The Morgan fingerprint density at radius 1 is 1.33 bits per heavy atom. The van der Waals surface area contributed by atoms with Crippen LogP contribution in [0.5, 0.6) is 5.75 Å². The van der Waals surface area contributed by atoms with Gasteiger partial charge in [-0.15, -0.1) is 0 Å². The first-order valence-electron chi connectivity index (χ1n) is 5.40. The van der Waals surface area contributed by atoms with Crippen molar-refractivity contribution in [3.8, 4) is 5.75 Å². The van der Waals surface area contributed by atoms with Gasteiger partial charge in [-0.2, -0.15) is 0 Å². The van der Waals surface area contributed by atoms with Gasteiger partial charge in [-0.25, -0.2) is 0 Å². The van der Waals surface area contributed by atoms with Gasteiger partial charge in [-0.1, -0.05) is 13.0 Å². The maximum atomic E-state index is 8.61. The van der Waals surface area contributed by atoms with Crippen molar-refractivity contribution in [2.45, 2.75) is 26.2 Å². The molecule has 0 heterocycles. The van der Waals surface area contributed by atoms with E-state index in [0.29, 0.717) is 12.3 Å². The molecule has 0 atom stereocenters. The molecule has 0 saturated heterocycles. The van der Waals surface area contributed by atoms with Crippen LogP contribution in [-0.2, 0) is 6.42 Å². The molecule has 1 rings (SSSR count). The van der Waals surface area contributed by atoms with E-state index < -0.39 is 0 Å². The van der Waals surface area contributed by atoms with Crippen molar-refractivity contribution in [2.75, 3.05) is 18.9 Å². The molecule has 0 aromatic heterocycles.